The Bertz CT molecular complexity index is 507. The minimum atomic E-state index is 0.351. The van der Waals surface area contributed by atoms with Gasteiger partial charge in [-0.05, 0) is 13.3 Å². The summed E-state index contributed by atoms with van der Waals surface area (Å²) < 4.78 is 0. The molecule has 7 nitrogen and oxygen atoms in total. The van der Waals surface area contributed by atoms with Gasteiger partial charge >= 0.3 is 0 Å². The number of hydrogen-bond donors (Lipinski definition) is 4. The molecule has 5 N–H and O–H groups in total. The van der Waals surface area contributed by atoms with Crippen molar-refractivity contribution in [1.82, 2.24) is 20.2 Å². The summed E-state index contributed by atoms with van der Waals surface area (Å²) in [5.74, 6) is 6.48. The van der Waals surface area contributed by atoms with Crippen LogP contribution in [0.2, 0.25) is 0 Å². The Hall–Kier alpha value is -1.89. The van der Waals surface area contributed by atoms with E-state index >= 15 is 0 Å². The lowest BCUT2D eigenvalue weighted by Gasteiger charge is -2.15. The molecule has 98 valence electrons. The first kappa shape index (κ1) is 12.6. The number of unbranched alkanes of at least 4 members (excludes halogenated alkanes) is 1. The fourth-order valence-electron chi connectivity index (χ4n) is 1.83. The SMILES string of the molecule is CCCCC(C)Nc1nc(NN)nc2[nH]ncc12. The Morgan fingerprint density at radius 2 is 2.28 bits per heavy atom. The van der Waals surface area contributed by atoms with Gasteiger partial charge in [-0.1, -0.05) is 19.8 Å². The molecule has 0 aliphatic rings. The summed E-state index contributed by atoms with van der Waals surface area (Å²) in [6.07, 6.45) is 5.19. The fourth-order valence-corrected chi connectivity index (χ4v) is 1.83. The van der Waals surface area contributed by atoms with Crippen LogP contribution in [0.5, 0.6) is 0 Å². The van der Waals surface area contributed by atoms with E-state index in [1.165, 1.54) is 12.8 Å². The summed E-state index contributed by atoms with van der Waals surface area (Å²) in [4.78, 5) is 8.50. The van der Waals surface area contributed by atoms with Crippen molar-refractivity contribution in [3.63, 3.8) is 0 Å². The molecule has 0 bridgehead atoms. The van der Waals surface area contributed by atoms with Crippen LogP contribution in [-0.2, 0) is 0 Å². The summed E-state index contributed by atoms with van der Waals surface area (Å²) >= 11 is 0. The monoisotopic (exact) mass is 249 g/mol. The van der Waals surface area contributed by atoms with Crippen LogP contribution >= 0.6 is 0 Å². The zero-order chi connectivity index (χ0) is 13.0. The molecule has 0 radical (unpaired) electrons. The minimum Gasteiger partial charge on any atom is -0.367 e. The van der Waals surface area contributed by atoms with Crippen molar-refractivity contribution < 1.29 is 0 Å². The van der Waals surface area contributed by atoms with Gasteiger partial charge in [-0.15, -0.1) is 0 Å². The Morgan fingerprint density at radius 3 is 3.00 bits per heavy atom. The standard InChI is InChI=1S/C11H19N7/c1-3-4-5-7(2)14-9-8-6-13-18-10(8)16-11(15-9)17-12/h6-7H,3-5,12H2,1-2H3,(H3,13,14,15,16,17,18). The highest BCUT2D eigenvalue weighted by Crippen LogP contribution is 2.21. The van der Waals surface area contributed by atoms with Crippen LogP contribution in [0.3, 0.4) is 0 Å². The molecule has 7 heteroatoms. The highest BCUT2D eigenvalue weighted by atomic mass is 15.3. The van der Waals surface area contributed by atoms with Crippen molar-refractivity contribution in [2.75, 3.05) is 10.7 Å². The second-order valence-electron chi connectivity index (χ2n) is 4.36. The minimum absolute atomic E-state index is 0.351. The predicted octanol–water partition coefficient (Wildman–Crippen LogP) is 1.63. The molecule has 18 heavy (non-hydrogen) atoms. The van der Waals surface area contributed by atoms with E-state index < -0.39 is 0 Å². The Labute approximate surface area is 106 Å². The van der Waals surface area contributed by atoms with Gasteiger partial charge in [0.15, 0.2) is 5.65 Å². The van der Waals surface area contributed by atoms with Crippen LogP contribution in [0.25, 0.3) is 11.0 Å². The number of nitrogens with zero attached hydrogens (tertiary/aromatic N) is 3. The van der Waals surface area contributed by atoms with Gasteiger partial charge in [0.25, 0.3) is 0 Å². The van der Waals surface area contributed by atoms with Crippen LogP contribution in [0.4, 0.5) is 11.8 Å². The lowest BCUT2D eigenvalue weighted by atomic mass is 10.1. The molecular formula is C11H19N7. The van der Waals surface area contributed by atoms with Gasteiger partial charge in [-0.25, -0.2) is 5.84 Å². The van der Waals surface area contributed by atoms with Crippen molar-refractivity contribution in [3.8, 4) is 0 Å². The molecule has 0 aromatic carbocycles. The molecular weight excluding hydrogens is 230 g/mol. The summed E-state index contributed by atoms with van der Waals surface area (Å²) in [6, 6.07) is 0.351. The first-order valence-electron chi connectivity index (χ1n) is 6.18. The number of fused-ring (bicyclic) bond motifs is 1. The van der Waals surface area contributed by atoms with E-state index in [0.717, 1.165) is 17.6 Å². The number of nitrogen functional groups attached to an aromatic ring is 1. The second kappa shape index (κ2) is 5.63. The number of anilines is 2. The number of rotatable bonds is 6. The zero-order valence-electron chi connectivity index (χ0n) is 10.7. The number of hydrogen-bond acceptors (Lipinski definition) is 6. The normalized spacial score (nSPS) is 12.6. The quantitative estimate of drug-likeness (QED) is 0.458. The Kier molecular flexibility index (Phi) is 3.93. The maximum absolute atomic E-state index is 5.35. The molecule has 2 heterocycles. The van der Waals surface area contributed by atoms with E-state index in [4.69, 9.17) is 5.84 Å². The zero-order valence-corrected chi connectivity index (χ0v) is 10.7. The second-order valence-corrected chi connectivity index (χ2v) is 4.36. The topological polar surface area (TPSA) is 105 Å². The third kappa shape index (κ3) is 2.67. The van der Waals surface area contributed by atoms with Crippen molar-refractivity contribution in [2.45, 2.75) is 39.2 Å². The number of nitrogens with two attached hydrogens (primary N) is 1. The molecule has 0 aliphatic carbocycles. The molecule has 2 aromatic rings. The summed E-state index contributed by atoms with van der Waals surface area (Å²) in [5.41, 5.74) is 3.13. The molecule has 0 saturated heterocycles. The van der Waals surface area contributed by atoms with Gasteiger partial charge in [-0.3, -0.25) is 10.5 Å². The first-order chi connectivity index (χ1) is 8.74. The average Bonchev–Trinajstić information content (AvgIpc) is 2.84. The van der Waals surface area contributed by atoms with E-state index in [1.54, 1.807) is 6.20 Å². The maximum Gasteiger partial charge on any atom is 0.241 e. The van der Waals surface area contributed by atoms with Gasteiger partial charge in [0, 0.05) is 6.04 Å². The van der Waals surface area contributed by atoms with Gasteiger partial charge in [0.05, 0.1) is 11.6 Å². The predicted molar refractivity (Wildman–Crippen MR) is 72.1 cm³/mol. The van der Waals surface area contributed by atoms with Gasteiger partial charge in [-0.2, -0.15) is 15.1 Å². The fraction of sp³-hybridized carbons (Fsp3) is 0.545. The van der Waals surface area contributed by atoms with E-state index in [9.17, 15) is 0 Å². The molecule has 2 rings (SSSR count). The average molecular weight is 249 g/mol. The molecule has 0 saturated carbocycles. The highest BCUT2D eigenvalue weighted by Gasteiger charge is 2.11. The van der Waals surface area contributed by atoms with Crippen LogP contribution in [-0.4, -0.2) is 26.2 Å². The van der Waals surface area contributed by atoms with Crippen molar-refractivity contribution in [2.24, 2.45) is 5.84 Å². The van der Waals surface area contributed by atoms with Crippen LogP contribution in [0.1, 0.15) is 33.1 Å². The number of aromatic amines is 1. The van der Waals surface area contributed by atoms with Gasteiger partial charge in [0.2, 0.25) is 5.95 Å². The summed E-state index contributed by atoms with van der Waals surface area (Å²) in [6.45, 7) is 4.32. The van der Waals surface area contributed by atoms with Crippen molar-refractivity contribution in [3.05, 3.63) is 6.20 Å². The molecule has 2 aromatic heterocycles. The van der Waals surface area contributed by atoms with E-state index in [2.05, 4.69) is 44.8 Å². The molecule has 0 aliphatic heterocycles. The van der Waals surface area contributed by atoms with E-state index in [0.29, 0.717) is 17.6 Å². The summed E-state index contributed by atoms with van der Waals surface area (Å²) in [7, 11) is 0. The third-order valence-electron chi connectivity index (χ3n) is 2.81. The summed E-state index contributed by atoms with van der Waals surface area (Å²) in [5, 5.41) is 11.0. The number of H-pyrrole nitrogens is 1. The molecule has 0 amide bonds. The lowest BCUT2D eigenvalue weighted by Crippen LogP contribution is -2.18. The van der Waals surface area contributed by atoms with E-state index in [1.807, 2.05) is 0 Å². The number of nitrogens with one attached hydrogen (secondary N) is 3. The highest BCUT2D eigenvalue weighted by molar-refractivity contribution is 5.87. The van der Waals surface area contributed by atoms with Gasteiger partial charge < -0.3 is 5.32 Å². The molecule has 1 atom stereocenters. The van der Waals surface area contributed by atoms with Crippen LogP contribution in [0.15, 0.2) is 6.20 Å². The third-order valence-corrected chi connectivity index (χ3v) is 2.81. The van der Waals surface area contributed by atoms with Crippen molar-refractivity contribution >= 4 is 22.8 Å². The van der Waals surface area contributed by atoms with Gasteiger partial charge in [0.1, 0.15) is 5.82 Å². The number of aromatic nitrogens is 4. The molecule has 0 spiro atoms. The smallest absolute Gasteiger partial charge is 0.241 e. The largest absolute Gasteiger partial charge is 0.367 e. The maximum atomic E-state index is 5.35. The Balaban J connectivity index is 2.22. The van der Waals surface area contributed by atoms with Crippen molar-refractivity contribution in [1.29, 1.82) is 0 Å². The number of hydrazine groups is 1. The lowest BCUT2D eigenvalue weighted by molar-refractivity contribution is 0.644. The van der Waals surface area contributed by atoms with Crippen LogP contribution in [0, 0.1) is 0 Å². The van der Waals surface area contributed by atoms with Crippen LogP contribution < -0.4 is 16.6 Å². The first-order valence-corrected chi connectivity index (χ1v) is 6.18. The van der Waals surface area contributed by atoms with E-state index in [-0.39, 0.29) is 0 Å². The molecule has 0 fully saturated rings. The molecule has 1 unspecified atom stereocenters. The Morgan fingerprint density at radius 1 is 1.44 bits per heavy atom.